The van der Waals surface area contributed by atoms with Crippen LogP contribution in [0.3, 0.4) is 0 Å². The monoisotopic (exact) mass is 416 g/mol. The summed E-state index contributed by atoms with van der Waals surface area (Å²) >= 11 is 0. The number of amides is 1. The van der Waals surface area contributed by atoms with Crippen LogP contribution >= 0.6 is 0 Å². The Bertz CT molecular complexity index is 1130. The lowest BCUT2D eigenvalue weighted by Gasteiger charge is -2.42. The van der Waals surface area contributed by atoms with Crippen molar-refractivity contribution in [2.45, 2.75) is 32.0 Å². The van der Waals surface area contributed by atoms with Crippen LogP contribution in [0.25, 0.3) is 5.65 Å². The number of carbonyl (C=O) groups is 1. The number of piperazine rings is 1. The Hall–Kier alpha value is -3.51. The van der Waals surface area contributed by atoms with Crippen LogP contribution in [0.5, 0.6) is 0 Å². The van der Waals surface area contributed by atoms with Gasteiger partial charge in [-0.25, -0.2) is 14.5 Å². The van der Waals surface area contributed by atoms with E-state index in [1.54, 1.807) is 10.7 Å². The molecule has 2 aliphatic rings. The lowest BCUT2D eigenvalue weighted by atomic mass is 10.0. The van der Waals surface area contributed by atoms with Gasteiger partial charge in [0.1, 0.15) is 18.2 Å². The van der Waals surface area contributed by atoms with Crippen molar-refractivity contribution in [3.63, 3.8) is 0 Å². The molecule has 3 aromatic heterocycles. The first-order valence-corrected chi connectivity index (χ1v) is 10.5. The molecule has 9 nitrogen and oxygen atoms in total. The van der Waals surface area contributed by atoms with Crippen molar-refractivity contribution in [1.29, 1.82) is 5.26 Å². The molecule has 0 aromatic carbocycles. The van der Waals surface area contributed by atoms with Crippen LogP contribution in [0.1, 0.15) is 24.6 Å². The summed E-state index contributed by atoms with van der Waals surface area (Å²) in [6.07, 6.45) is 4.19. The molecule has 3 atom stereocenters. The number of fused-ring (bicyclic) bond motifs is 3. The van der Waals surface area contributed by atoms with Crippen molar-refractivity contribution in [3.05, 3.63) is 54.1 Å². The Morgan fingerprint density at radius 1 is 1.26 bits per heavy atom. The largest absolute Gasteiger partial charge is 0.347 e. The molecule has 5 rings (SSSR count). The second kappa shape index (κ2) is 7.96. The molecule has 31 heavy (non-hydrogen) atoms. The SMILES string of the molecule is C[C@H]1CC2CN(C(=O)CNCc3cccc4ncnn34)CC1N2c1ccc(C#N)cn1. The van der Waals surface area contributed by atoms with Gasteiger partial charge in [-0.05, 0) is 36.6 Å². The minimum Gasteiger partial charge on any atom is -0.347 e. The van der Waals surface area contributed by atoms with Crippen LogP contribution in [0.15, 0.2) is 42.9 Å². The van der Waals surface area contributed by atoms with Crippen molar-refractivity contribution < 1.29 is 4.79 Å². The second-order valence-electron chi connectivity index (χ2n) is 8.31. The molecule has 0 spiro atoms. The highest BCUT2D eigenvalue weighted by molar-refractivity contribution is 5.79. The second-order valence-corrected chi connectivity index (χ2v) is 8.31. The van der Waals surface area contributed by atoms with E-state index in [0.29, 0.717) is 31.1 Å². The topological polar surface area (TPSA) is 102 Å². The molecule has 9 heteroatoms. The number of nitriles is 1. The molecule has 0 aliphatic carbocycles. The number of aromatic nitrogens is 4. The van der Waals surface area contributed by atoms with Crippen LogP contribution in [0.2, 0.25) is 0 Å². The molecule has 0 radical (unpaired) electrons. The molecule has 2 saturated heterocycles. The van der Waals surface area contributed by atoms with Gasteiger partial charge in [0.05, 0.1) is 23.8 Å². The summed E-state index contributed by atoms with van der Waals surface area (Å²) in [5.41, 5.74) is 2.32. The summed E-state index contributed by atoms with van der Waals surface area (Å²) in [5, 5.41) is 16.5. The van der Waals surface area contributed by atoms with E-state index in [4.69, 9.17) is 5.26 Å². The van der Waals surface area contributed by atoms with Crippen LogP contribution in [0, 0.1) is 17.2 Å². The van der Waals surface area contributed by atoms with Gasteiger partial charge in [0.15, 0.2) is 5.65 Å². The Labute approximate surface area is 180 Å². The van der Waals surface area contributed by atoms with E-state index in [2.05, 4.69) is 38.3 Å². The highest BCUT2D eigenvalue weighted by atomic mass is 16.2. The Balaban J connectivity index is 1.22. The maximum atomic E-state index is 12.9. The molecule has 2 aliphatic heterocycles. The van der Waals surface area contributed by atoms with Crippen molar-refractivity contribution >= 4 is 17.4 Å². The fourth-order valence-corrected chi connectivity index (χ4v) is 4.84. The maximum absolute atomic E-state index is 12.9. The van der Waals surface area contributed by atoms with Crippen molar-refractivity contribution in [2.24, 2.45) is 5.92 Å². The molecule has 1 amide bonds. The van der Waals surface area contributed by atoms with Gasteiger partial charge in [0.25, 0.3) is 0 Å². The molecule has 1 N–H and O–H groups in total. The number of likely N-dealkylation sites (tertiary alicyclic amines) is 1. The summed E-state index contributed by atoms with van der Waals surface area (Å²) in [6.45, 7) is 4.46. The first-order valence-electron chi connectivity index (χ1n) is 10.5. The predicted octanol–water partition coefficient (Wildman–Crippen LogP) is 1.21. The first-order chi connectivity index (χ1) is 15.1. The van der Waals surface area contributed by atoms with Crippen molar-refractivity contribution in [2.75, 3.05) is 24.5 Å². The lowest BCUT2D eigenvalue weighted by Crippen LogP contribution is -2.57. The molecular weight excluding hydrogens is 392 g/mol. The number of anilines is 1. The Morgan fingerprint density at radius 2 is 2.16 bits per heavy atom. The van der Waals surface area contributed by atoms with Gasteiger partial charge in [0.2, 0.25) is 5.91 Å². The lowest BCUT2D eigenvalue weighted by molar-refractivity contribution is -0.131. The van der Waals surface area contributed by atoms with Gasteiger partial charge in [-0.3, -0.25) is 4.79 Å². The third kappa shape index (κ3) is 3.59. The third-order valence-electron chi connectivity index (χ3n) is 6.35. The normalized spacial score (nSPS) is 22.6. The minimum atomic E-state index is 0.113. The molecule has 2 unspecified atom stereocenters. The van der Waals surface area contributed by atoms with E-state index >= 15 is 0 Å². The molecule has 5 heterocycles. The zero-order valence-electron chi connectivity index (χ0n) is 17.3. The highest BCUT2D eigenvalue weighted by Gasteiger charge is 2.45. The first kappa shape index (κ1) is 19.5. The molecular formula is C22H24N8O. The van der Waals surface area contributed by atoms with Crippen LogP contribution in [0.4, 0.5) is 5.82 Å². The minimum absolute atomic E-state index is 0.113. The van der Waals surface area contributed by atoms with Gasteiger partial charge >= 0.3 is 0 Å². The average Bonchev–Trinajstić information content (AvgIpc) is 3.35. The summed E-state index contributed by atoms with van der Waals surface area (Å²) in [4.78, 5) is 25.9. The van der Waals surface area contributed by atoms with Gasteiger partial charge in [0, 0.05) is 31.9 Å². The van der Waals surface area contributed by atoms with Crippen molar-refractivity contribution in [1.82, 2.24) is 29.8 Å². The number of nitrogens with zero attached hydrogens (tertiary/aromatic N) is 7. The summed E-state index contributed by atoms with van der Waals surface area (Å²) < 4.78 is 1.78. The van der Waals surface area contributed by atoms with E-state index in [1.165, 1.54) is 6.33 Å². The standard InChI is InChI=1S/C22H24N8O/c1-15-7-18-12-28(13-19(15)29(18)20-6-5-16(8-23)9-25-20)22(31)11-24-10-17-3-2-4-21-26-14-27-30(17)21/h2-6,9,14-15,18-19,24H,7,10-13H2,1H3/t15-,18?,19?/m0/s1. The average molecular weight is 416 g/mol. The summed E-state index contributed by atoms with van der Waals surface area (Å²) in [6, 6.07) is 12.2. The molecule has 2 bridgehead atoms. The number of carbonyl (C=O) groups excluding carboxylic acids is 1. The van der Waals surface area contributed by atoms with E-state index in [9.17, 15) is 4.79 Å². The molecule has 2 fully saturated rings. The number of nitrogens with one attached hydrogen (secondary N) is 1. The Morgan fingerprint density at radius 3 is 2.94 bits per heavy atom. The predicted molar refractivity (Wildman–Crippen MR) is 114 cm³/mol. The number of hydrogen-bond donors (Lipinski definition) is 1. The zero-order chi connectivity index (χ0) is 21.4. The van der Waals surface area contributed by atoms with E-state index in [-0.39, 0.29) is 24.5 Å². The van der Waals surface area contributed by atoms with Gasteiger partial charge < -0.3 is 15.1 Å². The number of rotatable bonds is 5. The number of pyridine rings is 2. The fraction of sp³-hybridized carbons (Fsp3) is 0.409. The zero-order valence-corrected chi connectivity index (χ0v) is 17.3. The van der Waals surface area contributed by atoms with Crippen LogP contribution in [-0.4, -0.2) is 62.1 Å². The number of hydrogen-bond acceptors (Lipinski definition) is 7. The molecule has 3 aromatic rings. The summed E-state index contributed by atoms with van der Waals surface area (Å²) in [7, 11) is 0. The van der Waals surface area contributed by atoms with E-state index in [1.807, 2.05) is 35.2 Å². The molecule has 0 saturated carbocycles. The fourth-order valence-electron chi connectivity index (χ4n) is 4.84. The van der Waals surface area contributed by atoms with Crippen molar-refractivity contribution in [3.8, 4) is 6.07 Å². The van der Waals surface area contributed by atoms with Crippen LogP contribution < -0.4 is 10.2 Å². The quantitative estimate of drug-likeness (QED) is 0.667. The van der Waals surface area contributed by atoms with E-state index < -0.39 is 0 Å². The maximum Gasteiger partial charge on any atom is 0.236 e. The third-order valence-corrected chi connectivity index (χ3v) is 6.35. The van der Waals surface area contributed by atoms with Gasteiger partial charge in [-0.2, -0.15) is 10.4 Å². The van der Waals surface area contributed by atoms with Gasteiger partial charge in [-0.1, -0.05) is 13.0 Å². The van der Waals surface area contributed by atoms with Gasteiger partial charge in [-0.15, -0.1) is 0 Å². The van der Waals surface area contributed by atoms with E-state index in [0.717, 1.165) is 23.6 Å². The smallest absolute Gasteiger partial charge is 0.236 e. The highest BCUT2D eigenvalue weighted by Crippen LogP contribution is 2.37. The van der Waals surface area contributed by atoms with Crippen LogP contribution in [-0.2, 0) is 11.3 Å². The summed E-state index contributed by atoms with van der Waals surface area (Å²) in [5.74, 6) is 1.49. The Kier molecular flexibility index (Phi) is 5.00. The molecule has 158 valence electrons.